The summed E-state index contributed by atoms with van der Waals surface area (Å²) in [6, 6.07) is 3.43. The number of ether oxygens (including phenoxy) is 1. The first-order valence-corrected chi connectivity index (χ1v) is 8.01. The fraction of sp³-hybridized carbons (Fsp3) is 0.500. The van der Waals surface area contributed by atoms with Gasteiger partial charge in [-0.3, -0.25) is 0 Å². The van der Waals surface area contributed by atoms with E-state index in [0.29, 0.717) is 12.8 Å². The molecule has 7 nitrogen and oxygen atoms in total. The summed E-state index contributed by atoms with van der Waals surface area (Å²) in [5.41, 5.74) is -1.18. The predicted molar refractivity (Wildman–Crippen MR) is 90.1 cm³/mol. The fourth-order valence-corrected chi connectivity index (χ4v) is 3.57. The minimum absolute atomic E-state index is 0.0246. The SMILES string of the molecule is CC1(C)CC(OC(=O)c2ccc(C(=O)O)c(C(=O)O)c2)CC(C)(C)N1. The Kier molecular flexibility index (Phi) is 4.90. The van der Waals surface area contributed by atoms with E-state index in [1.165, 1.54) is 6.07 Å². The van der Waals surface area contributed by atoms with Crippen LogP contribution in [0, 0.1) is 0 Å². The molecule has 0 radical (unpaired) electrons. The monoisotopic (exact) mass is 349 g/mol. The number of carboxylic acid groups (broad SMARTS) is 2. The van der Waals surface area contributed by atoms with Crippen molar-refractivity contribution < 1.29 is 29.3 Å². The molecule has 1 heterocycles. The first-order chi connectivity index (χ1) is 11.4. The number of carbonyl (C=O) groups excluding carboxylic acids is 1. The molecule has 0 aliphatic carbocycles. The van der Waals surface area contributed by atoms with E-state index in [1.54, 1.807) is 0 Å². The van der Waals surface area contributed by atoms with Crippen molar-refractivity contribution in [2.45, 2.75) is 57.7 Å². The third-order valence-corrected chi connectivity index (χ3v) is 4.14. The molecule has 0 aromatic heterocycles. The summed E-state index contributed by atoms with van der Waals surface area (Å²) in [6.07, 6.45) is 0.939. The lowest BCUT2D eigenvalue weighted by Crippen LogP contribution is -2.59. The Bertz CT molecular complexity index is 706. The minimum Gasteiger partial charge on any atom is -0.478 e. The molecule has 3 N–H and O–H groups in total. The van der Waals surface area contributed by atoms with E-state index in [1.807, 2.05) is 27.7 Å². The summed E-state index contributed by atoms with van der Waals surface area (Å²) in [4.78, 5) is 34.7. The largest absolute Gasteiger partial charge is 0.478 e. The van der Waals surface area contributed by atoms with Crippen LogP contribution in [0.1, 0.15) is 71.6 Å². The first kappa shape index (κ1) is 18.9. The third-order valence-electron chi connectivity index (χ3n) is 4.14. The van der Waals surface area contributed by atoms with Crippen molar-refractivity contribution in [2.75, 3.05) is 0 Å². The van der Waals surface area contributed by atoms with E-state index in [2.05, 4.69) is 5.32 Å². The van der Waals surface area contributed by atoms with Gasteiger partial charge in [-0.15, -0.1) is 0 Å². The van der Waals surface area contributed by atoms with Crippen LogP contribution in [-0.2, 0) is 4.74 Å². The standard InChI is InChI=1S/C18H23NO6/c1-17(2)8-11(9-18(3,4)19-17)25-16(24)10-5-6-12(14(20)21)13(7-10)15(22)23/h5-7,11,19H,8-9H2,1-4H3,(H,20,21)(H,22,23). The fourth-order valence-electron chi connectivity index (χ4n) is 3.57. The molecule has 1 aromatic carbocycles. The number of aromatic carboxylic acids is 2. The second-order valence-electron chi connectivity index (χ2n) is 7.70. The molecule has 1 aliphatic rings. The molecule has 0 atom stereocenters. The van der Waals surface area contributed by atoms with Gasteiger partial charge in [-0.05, 0) is 45.9 Å². The smallest absolute Gasteiger partial charge is 0.338 e. The summed E-state index contributed by atoms with van der Waals surface area (Å²) < 4.78 is 5.56. The van der Waals surface area contributed by atoms with Gasteiger partial charge in [-0.1, -0.05) is 0 Å². The molecular formula is C18H23NO6. The summed E-state index contributed by atoms with van der Waals surface area (Å²) in [5.74, 6) is -3.42. The molecule has 1 aliphatic heterocycles. The lowest BCUT2D eigenvalue weighted by molar-refractivity contribution is -0.00641. The van der Waals surface area contributed by atoms with Crippen molar-refractivity contribution in [3.63, 3.8) is 0 Å². The molecule has 0 bridgehead atoms. The van der Waals surface area contributed by atoms with Crippen LogP contribution in [0.5, 0.6) is 0 Å². The molecule has 1 fully saturated rings. The highest BCUT2D eigenvalue weighted by molar-refractivity contribution is 6.03. The van der Waals surface area contributed by atoms with Crippen LogP contribution >= 0.6 is 0 Å². The predicted octanol–water partition coefficient (Wildman–Crippen LogP) is 2.55. The zero-order valence-electron chi connectivity index (χ0n) is 14.8. The van der Waals surface area contributed by atoms with Gasteiger partial charge in [-0.2, -0.15) is 0 Å². The normalized spacial score (nSPS) is 19.2. The maximum absolute atomic E-state index is 12.4. The average molecular weight is 349 g/mol. The molecule has 136 valence electrons. The van der Waals surface area contributed by atoms with Gasteiger partial charge in [0.1, 0.15) is 6.10 Å². The molecule has 0 saturated carbocycles. The molecular weight excluding hydrogens is 326 g/mol. The number of esters is 1. The molecule has 0 amide bonds. The molecule has 1 saturated heterocycles. The Morgan fingerprint density at radius 3 is 2.00 bits per heavy atom. The molecule has 0 spiro atoms. The Hall–Kier alpha value is -2.41. The number of rotatable bonds is 4. The quantitative estimate of drug-likeness (QED) is 0.716. The lowest BCUT2D eigenvalue weighted by atomic mass is 9.81. The highest BCUT2D eigenvalue weighted by atomic mass is 16.5. The Balaban J connectivity index is 2.22. The number of hydrogen-bond acceptors (Lipinski definition) is 5. The average Bonchev–Trinajstić information content (AvgIpc) is 2.42. The molecule has 2 rings (SSSR count). The van der Waals surface area contributed by atoms with Crippen molar-refractivity contribution in [1.82, 2.24) is 5.32 Å². The number of carboxylic acids is 2. The van der Waals surface area contributed by atoms with E-state index in [9.17, 15) is 14.4 Å². The van der Waals surface area contributed by atoms with Crippen LogP contribution in [0.3, 0.4) is 0 Å². The molecule has 1 aromatic rings. The number of nitrogens with one attached hydrogen (secondary N) is 1. The summed E-state index contributed by atoms with van der Waals surface area (Å²) in [7, 11) is 0. The van der Waals surface area contributed by atoms with Crippen molar-refractivity contribution in [3.8, 4) is 0 Å². The van der Waals surface area contributed by atoms with Crippen LogP contribution in [0.4, 0.5) is 0 Å². The van der Waals surface area contributed by atoms with Crippen molar-refractivity contribution >= 4 is 17.9 Å². The maximum atomic E-state index is 12.4. The molecule has 25 heavy (non-hydrogen) atoms. The third kappa shape index (κ3) is 4.57. The number of benzene rings is 1. The summed E-state index contributed by atoms with van der Waals surface area (Å²) in [5, 5.41) is 21.7. The highest BCUT2D eigenvalue weighted by Gasteiger charge is 2.39. The van der Waals surface area contributed by atoms with Crippen LogP contribution < -0.4 is 5.32 Å². The van der Waals surface area contributed by atoms with Crippen LogP contribution in [0.25, 0.3) is 0 Å². The Labute approximate surface area is 146 Å². The van der Waals surface area contributed by atoms with E-state index in [-0.39, 0.29) is 28.3 Å². The van der Waals surface area contributed by atoms with Gasteiger partial charge >= 0.3 is 17.9 Å². The van der Waals surface area contributed by atoms with Crippen molar-refractivity contribution in [2.24, 2.45) is 0 Å². The first-order valence-electron chi connectivity index (χ1n) is 8.01. The molecule has 7 heteroatoms. The topological polar surface area (TPSA) is 113 Å². The second kappa shape index (κ2) is 6.48. The van der Waals surface area contributed by atoms with Crippen LogP contribution in [0.15, 0.2) is 18.2 Å². The van der Waals surface area contributed by atoms with E-state index in [0.717, 1.165) is 12.1 Å². The van der Waals surface area contributed by atoms with Crippen LogP contribution in [0.2, 0.25) is 0 Å². The minimum atomic E-state index is -1.41. The number of carbonyl (C=O) groups is 3. The van der Waals surface area contributed by atoms with Gasteiger partial charge in [0.25, 0.3) is 0 Å². The van der Waals surface area contributed by atoms with Crippen LogP contribution in [-0.4, -0.2) is 45.3 Å². The van der Waals surface area contributed by atoms with Crippen molar-refractivity contribution in [1.29, 1.82) is 0 Å². The zero-order valence-corrected chi connectivity index (χ0v) is 14.8. The second-order valence-corrected chi connectivity index (χ2v) is 7.70. The van der Waals surface area contributed by atoms with E-state index >= 15 is 0 Å². The highest BCUT2D eigenvalue weighted by Crippen LogP contribution is 2.31. The maximum Gasteiger partial charge on any atom is 0.338 e. The number of piperidine rings is 1. The van der Waals surface area contributed by atoms with Gasteiger partial charge < -0.3 is 20.3 Å². The van der Waals surface area contributed by atoms with E-state index < -0.39 is 23.5 Å². The molecule has 0 unspecified atom stereocenters. The van der Waals surface area contributed by atoms with Gasteiger partial charge in [-0.25, -0.2) is 14.4 Å². The summed E-state index contributed by atoms with van der Waals surface area (Å²) >= 11 is 0. The number of hydrogen-bond donors (Lipinski definition) is 3. The van der Waals surface area contributed by atoms with Gasteiger partial charge in [0.05, 0.1) is 16.7 Å². The van der Waals surface area contributed by atoms with Gasteiger partial charge in [0, 0.05) is 23.9 Å². The van der Waals surface area contributed by atoms with E-state index in [4.69, 9.17) is 14.9 Å². The zero-order chi connectivity index (χ0) is 19.0. The Morgan fingerprint density at radius 1 is 1.00 bits per heavy atom. The van der Waals surface area contributed by atoms with Crippen molar-refractivity contribution in [3.05, 3.63) is 34.9 Å². The summed E-state index contributed by atoms with van der Waals surface area (Å²) in [6.45, 7) is 8.11. The Morgan fingerprint density at radius 2 is 1.52 bits per heavy atom. The van der Waals surface area contributed by atoms with Gasteiger partial charge in [0.2, 0.25) is 0 Å². The lowest BCUT2D eigenvalue weighted by Gasteiger charge is -2.45. The van der Waals surface area contributed by atoms with Gasteiger partial charge in [0.15, 0.2) is 0 Å².